The Morgan fingerprint density at radius 2 is 1.95 bits per heavy atom. The molecule has 1 atom stereocenters. The fourth-order valence-electron chi connectivity index (χ4n) is 2.26. The molecule has 0 aliphatic carbocycles. The number of ether oxygens (including phenoxy) is 1. The van der Waals surface area contributed by atoms with Crippen molar-refractivity contribution in [3.8, 4) is 5.75 Å². The first kappa shape index (κ1) is 16.4. The molecule has 0 fully saturated rings. The number of amides is 1. The summed E-state index contributed by atoms with van der Waals surface area (Å²) in [5.74, 6) is 0.358. The average molecular weight is 318 g/mol. The fraction of sp³-hybridized carbons (Fsp3) is 0.278. The molecule has 0 aliphatic heterocycles. The topological polar surface area (TPSA) is 38.3 Å². The van der Waals surface area contributed by atoms with Crippen LogP contribution in [0.5, 0.6) is 5.75 Å². The van der Waals surface area contributed by atoms with Gasteiger partial charge in [0.1, 0.15) is 5.75 Å². The molecule has 0 heterocycles. The van der Waals surface area contributed by atoms with Crippen molar-refractivity contribution in [2.45, 2.75) is 25.8 Å². The summed E-state index contributed by atoms with van der Waals surface area (Å²) >= 11 is 5.96. The lowest BCUT2D eigenvalue weighted by atomic mass is 10.1. The minimum absolute atomic E-state index is 0.0661. The quantitative estimate of drug-likeness (QED) is 0.871. The lowest BCUT2D eigenvalue weighted by molar-refractivity contribution is 0.0935. The minimum atomic E-state index is -0.167. The van der Waals surface area contributed by atoms with Crippen LogP contribution in [0, 0.1) is 0 Å². The zero-order chi connectivity index (χ0) is 15.9. The van der Waals surface area contributed by atoms with Gasteiger partial charge in [-0.05, 0) is 43.5 Å². The normalized spacial score (nSPS) is 11.8. The Labute approximate surface area is 136 Å². The third kappa shape index (κ3) is 4.50. The molecule has 4 heteroatoms. The van der Waals surface area contributed by atoms with Gasteiger partial charge < -0.3 is 10.1 Å². The van der Waals surface area contributed by atoms with Gasteiger partial charge in [0.25, 0.3) is 5.91 Å². The van der Waals surface area contributed by atoms with Crippen LogP contribution in [0.2, 0.25) is 5.02 Å². The van der Waals surface area contributed by atoms with Crippen LogP contribution in [-0.4, -0.2) is 19.1 Å². The Morgan fingerprint density at radius 3 is 2.64 bits per heavy atom. The molecule has 0 saturated heterocycles. The molecule has 1 amide bonds. The van der Waals surface area contributed by atoms with E-state index in [9.17, 15) is 4.79 Å². The highest BCUT2D eigenvalue weighted by Gasteiger charge is 2.15. The first-order chi connectivity index (χ1) is 10.6. The van der Waals surface area contributed by atoms with Gasteiger partial charge in [-0.2, -0.15) is 0 Å². The molecule has 22 heavy (non-hydrogen) atoms. The first-order valence-corrected chi connectivity index (χ1v) is 7.66. The second-order valence-electron chi connectivity index (χ2n) is 5.24. The number of aryl methyl sites for hydroxylation is 1. The number of carbonyl (C=O) groups is 1. The summed E-state index contributed by atoms with van der Waals surface area (Å²) in [6.07, 6.45) is 1.80. The van der Waals surface area contributed by atoms with E-state index in [4.69, 9.17) is 16.3 Å². The van der Waals surface area contributed by atoms with Crippen molar-refractivity contribution in [3.05, 3.63) is 64.7 Å². The van der Waals surface area contributed by atoms with Gasteiger partial charge in [0.05, 0.1) is 12.7 Å². The summed E-state index contributed by atoms with van der Waals surface area (Å²) < 4.78 is 5.21. The minimum Gasteiger partial charge on any atom is -0.496 e. The number of hydrogen-bond acceptors (Lipinski definition) is 2. The fourth-order valence-corrected chi connectivity index (χ4v) is 2.43. The molecular formula is C18H20ClNO2. The third-order valence-electron chi connectivity index (χ3n) is 3.49. The van der Waals surface area contributed by atoms with E-state index in [0.717, 1.165) is 12.8 Å². The Balaban J connectivity index is 1.95. The molecule has 1 N–H and O–H groups in total. The summed E-state index contributed by atoms with van der Waals surface area (Å²) in [5, 5.41) is 3.51. The number of carbonyl (C=O) groups excluding carboxylic acids is 1. The van der Waals surface area contributed by atoms with Crippen molar-refractivity contribution in [2.24, 2.45) is 0 Å². The maximum Gasteiger partial charge on any atom is 0.255 e. The van der Waals surface area contributed by atoms with Gasteiger partial charge in [-0.15, -0.1) is 0 Å². The molecule has 0 spiro atoms. The maximum absolute atomic E-state index is 12.3. The number of halogens is 1. The first-order valence-electron chi connectivity index (χ1n) is 7.28. The van der Waals surface area contributed by atoms with Gasteiger partial charge in [0.2, 0.25) is 0 Å². The lowest BCUT2D eigenvalue weighted by Gasteiger charge is -2.15. The van der Waals surface area contributed by atoms with E-state index in [1.807, 2.05) is 25.1 Å². The maximum atomic E-state index is 12.3. The number of methoxy groups -OCH3 is 1. The summed E-state index contributed by atoms with van der Waals surface area (Å²) in [7, 11) is 1.54. The van der Waals surface area contributed by atoms with Crippen LogP contribution in [0.25, 0.3) is 0 Å². The van der Waals surface area contributed by atoms with Gasteiger partial charge >= 0.3 is 0 Å². The molecular weight excluding hydrogens is 298 g/mol. The Kier molecular flexibility index (Phi) is 5.84. The highest BCUT2D eigenvalue weighted by molar-refractivity contribution is 6.31. The summed E-state index contributed by atoms with van der Waals surface area (Å²) in [4.78, 5) is 12.3. The molecule has 0 saturated carbocycles. The van der Waals surface area contributed by atoms with Crippen molar-refractivity contribution in [2.75, 3.05) is 7.11 Å². The van der Waals surface area contributed by atoms with Crippen LogP contribution in [0.1, 0.15) is 29.3 Å². The van der Waals surface area contributed by atoms with Crippen molar-refractivity contribution in [3.63, 3.8) is 0 Å². The Bertz CT molecular complexity index is 628. The summed E-state index contributed by atoms with van der Waals surface area (Å²) in [6.45, 7) is 2.00. The molecule has 0 aromatic heterocycles. The van der Waals surface area contributed by atoms with Crippen LogP contribution < -0.4 is 10.1 Å². The molecule has 2 aromatic carbocycles. The molecule has 3 nitrogen and oxygen atoms in total. The van der Waals surface area contributed by atoms with E-state index < -0.39 is 0 Å². The standard InChI is InChI=1S/C18H20ClNO2/c1-13(8-9-14-6-4-3-5-7-14)20-18(21)16-12-15(19)10-11-17(16)22-2/h3-7,10-13H,8-9H2,1-2H3,(H,20,21). The van der Waals surface area contributed by atoms with Crippen LogP contribution in [0.4, 0.5) is 0 Å². The van der Waals surface area contributed by atoms with Gasteiger partial charge in [-0.1, -0.05) is 41.9 Å². The predicted molar refractivity (Wildman–Crippen MR) is 89.7 cm³/mol. The Morgan fingerprint density at radius 1 is 1.23 bits per heavy atom. The van der Waals surface area contributed by atoms with E-state index in [1.54, 1.807) is 25.3 Å². The molecule has 2 rings (SSSR count). The average Bonchev–Trinajstić information content (AvgIpc) is 2.54. The van der Waals surface area contributed by atoms with Crippen molar-refractivity contribution in [1.29, 1.82) is 0 Å². The van der Waals surface area contributed by atoms with Crippen LogP contribution in [0.3, 0.4) is 0 Å². The largest absolute Gasteiger partial charge is 0.496 e. The van der Waals surface area contributed by atoms with E-state index in [-0.39, 0.29) is 11.9 Å². The second kappa shape index (κ2) is 7.85. The molecule has 0 aliphatic rings. The van der Waals surface area contributed by atoms with Crippen LogP contribution >= 0.6 is 11.6 Å². The van der Waals surface area contributed by atoms with E-state index in [0.29, 0.717) is 16.3 Å². The predicted octanol–water partition coefficient (Wildman–Crippen LogP) is 4.10. The molecule has 1 unspecified atom stereocenters. The van der Waals surface area contributed by atoms with E-state index in [1.165, 1.54) is 5.56 Å². The van der Waals surface area contributed by atoms with Crippen LogP contribution in [-0.2, 0) is 6.42 Å². The molecule has 116 valence electrons. The highest BCUT2D eigenvalue weighted by Crippen LogP contribution is 2.22. The van der Waals surface area contributed by atoms with Crippen molar-refractivity contribution >= 4 is 17.5 Å². The van der Waals surface area contributed by atoms with E-state index >= 15 is 0 Å². The summed E-state index contributed by atoms with van der Waals surface area (Å²) in [6, 6.07) is 15.3. The summed E-state index contributed by atoms with van der Waals surface area (Å²) in [5.41, 5.74) is 1.73. The van der Waals surface area contributed by atoms with E-state index in [2.05, 4.69) is 17.4 Å². The van der Waals surface area contributed by atoms with Crippen LogP contribution in [0.15, 0.2) is 48.5 Å². The highest BCUT2D eigenvalue weighted by atomic mass is 35.5. The van der Waals surface area contributed by atoms with Gasteiger partial charge in [0, 0.05) is 11.1 Å². The van der Waals surface area contributed by atoms with Gasteiger partial charge in [-0.25, -0.2) is 0 Å². The smallest absolute Gasteiger partial charge is 0.255 e. The number of benzene rings is 2. The molecule has 0 radical (unpaired) electrons. The van der Waals surface area contributed by atoms with Crippen molar-refractivity contribution < 1.29 is 9.53 Å². The Hall–Kier alpha value is -2.00. The third-order valence-corrected chi connectivity index (χ3v) is 3.73. The second-order valence-corrected chi connectivity index (χ2v) is 5.68. The lowest BCUT2D eigenvalue weighted by Crippen LogP contribution is -2.33. The monoisotopic (exact) mass is 317 g/mol. The van der Waals surface area contributed by atoms with Gasteiger partial charge in [-0.3, -0.25) is 4.79 Å². The molecule has 0 bridgehead atoms. The zero-order valence-corrected chi connectivity index (χ0v) is 13.6. The van der Waals surface area contributed by atoms with Gasteiger partial charge in [0.15, 0.2) is 0 Å². The van der Waals surface area contributed by atoms with Crippen molar-refractivity contribution in [1.82, 2.24) is 5.32 Å². The number of rotatable bonds is 6. The number of nitrogens with one attached hydrogen (secondary N) is 1. The number of hydrogen-bond donors (Lipinski definition) is 1. The SMILES string of the molecule is COc1ccc(Cl)cc1C(=O)NC(C)CCc1ccccc1. The molecule has 2 aromatic rings. The zero-order valence-electron chi connectivity index (χ0n) is 12.8.